The smallest absolute Gasteiger partial charge is 0.262 e. The highest BCUT2D eigenvalue weighted by Gasteiger charge is 2.25. The van der Waals surface area contributed by atoms with Crippen molar-refractivity contribution in [1.82, 2.24) is 19.7 Å². The molecule has 1 aromatic heterocycles. The van der Waals surface area contributed by atoms with E-state index < -0.39 is 0 Å². The normalized spacial score (nSPS) is 15.7. The van der Waals surface area contributed by atoms with Crippen molar-refractivity contribution in [3.05, 3.63) is 95.6 Å². The summed E-state index contributed by atoms with van der Waals surface area (Å²) in [5, 5.41) is 11.3. The van der Waals surface area contributed by atoms with Crippen LogP contribution in [0.5, 0.6) is 5.75 Å². The molecule has 39 heavy (non-hydrogen) atoms. The van der Waals surface area contributed by atoms with Crippen LogP contribution in [-0.4, -0.2) is 45.3 Å². The summed E-state index contributed by atoms with van der Waals surface area (Å²) in [6.45, 7) is 3.85. The molecule has 8 heteroatoms. The van der Waals surface area contributed by atoms with Crippen molar-refractivity contribution in [2.75, 3.05) is 25.0 Å². The van der Waals surface area contributed by atoms with Crippen molar-refractivity contribution in [3.8, 4) is 16.9 Å². The van der Waals surface area contributed by atoms with Gasteiger partial charge >= 0.3 is 0 Å². The van der Waals surface area contributed by atoms with E-state index in [1.807, 2.05) is 54.1 Å². The van der Waals surface area contributed by atoms with E-state index in [1.54, 1.807) is 6.33 Å². The first-order chi connectivity index (χ1) is 19.1. The predicted molar refractivity (Wildman–Crippen MR) is 149 cm³/mol. The Bertz CT molecular complexity index is 1440. The SMILES string of the molecule is Cn1cnnc1C1CCN(Cc2cc(-c3ccccc3)ccc2OCC(=O)Nc2ccc3c(c2)COC3)CC1. The second-order valence-electron chi connectivity index (χ2n) is 10.4. The summed E-state index contributed by atoms with van der Waals surface area (Å²) < 4.78 is 13.6. The molecule has 6 rings (SSSR count). The Morgan fingerprint density at radius 3 is 2.62 bits per heavy atom. The minimum absolute atomic E-state index is 0.0561. The third-order valence-corrected chi connectivity index (χ3v) is 7.62. The number of carbonyl (C=O) groups excluding carboxylic acids is 1. The average Bonchev–Trinajstić information content (AvgIpc) is 3.62. The van der Waals surface area contributed by atoms with Crippen molar-refractivity contribution >= 4 is 11.6 Å². The van der Waals surface area contributed by atoms with Gasteiger partial charge < -0.3 is 19.4 Å². The molecule has 1 N–H and O–H groups in total. The predicted octanol–water partition coefficient (Wildman–Crippen LogP) is 4.91. The number of nitrogens with zero attached hydrogens (tertiary/aromatic N) is 4. The zero-order chi connectivity index (χ0) is 26.6. The van der Waals surface area contributed by atoms with Crippen LogP contribution < -0.4 is 10.1 Å². The number of nitrogens with one attached hydrogen (secondary N) is 1. The van der Waals surface area contributed by atoms with Crippen molar-refractivity contribution in [2.45, 2.75) is 38.5 Å². The number of aromatic nitrogens is 3. The molecule has 0 spiro atoms. The minimum atomic E-state index is -0.184. The first-order valence-corrected chi connectivity index (χ1v) is 13.5. The summed E-state index contributed by atoms with van der Waals surface area (Å²) in [6, 6.07) is 22.5. The van der Waals surface area contributed by atoms with Crippen LogP contribution >= 0.6 is 0 Å². The Hall–Kier alpha value is -4.01. The van der Waals surface area contributed by atoms with Gasteiger partial charge in [-0.3, -0.25) is 9.69 Å². The summed E-state index contributed by atoms with van der Waals surface area (Å²) in [4.78, 5) is 15.2. The van der Waals surface area contributed by atoms with Crippen molar-refractivity contribution < 1.29 is 14.3 Å². The fourth-order valence-electron chi connectivity index (χ4n) is 5.50. The van der Waals surface area contributed by atoms with Gasteiger partial charge in [0.05, 0.1) is 13.2 Å². The second-order valence-corrected chi connectivity index (χ2v) is 10.4. The monoisotopic (exact) mass is 523 g/mol. The molecule has 1 fully saturated rings. The molecule has 3 heterocycles. The number of benzene rings is 3. The zero-order valence-electron chi connectivity index (χ0n) is 22.2. The Kier molecular flexibility index (Phi) is 7.38. The first-order valence-electron chi connectivity index (χ1n) is 13.5. The van der Waals surface area contributed by atoms with Crippen LogP contribution in [0.4, 0.5) is 5.69 Å². The number of likely N-dealkylation sites (tertiary alicyclic amines) is 1. The summed E-state index contributed by atoms with van der Waals surface area (Å²) in [6.07, 6.45) is 3.85. The van der Waals surface area contributed by atoms with E-state index >= 15 is 0 Å². The Morgan fingerprint density at radius 1 is 1.00 bits per heavy atom. The number of amides is 1. The van der Waals surface area contributed by atoms with E-state index in [0.717, 1.165) is 72.0 Å². The van der Waals surface area contributed by atoms with Gasteiger partial charge in [-0.25, -0.2) is 0 Å². The number of ether oxygens (including phenoxy) is 2. The van der Waals surface area contributed by atoms with Gasteiger partial charge in [0, 0.05) is 30.8 Å². The van der Waals surface area contributed by atoms with Gasteiger partial charge in [0.1, 0.15) is 17.9 Å². The van der Waals surface area contributed by atoms with Crippen molar-refractivity contribution in [1.29, 1.82) is 0 Å². The molecule has 0 radical (unpaired) electrons. The number of carbonyl (C=O) groups is 1. The van der Waals surface area contributed by atoms with Gasteiger partial charge in [0.15, 0.2) is 6.61 Å². The highest BCUT2D eigenvalue weighted by atomic mass is 16.5. The molecule has 0 bridgehead atoms. The quantitative estimate of drug-likeness (QED) is 0.354. The molecule has 0 aliphatic carbocycles. The highest BCUT2D eigenvalue weighted by Crippen LogP contribution is 2.31. The van der Waals surface area contributed by atoms with E-state index in [0.29, 0.717) is 19.1 Å². The average molecular weight is 524 g/mol. The number of aryl methyl sites for hydroxylation is 1. The summed E-state index contributed by atoms with van der Waals surface area (Å²) >= 11 is 0. The van der Waals surface area contributed by atoms with Crippen LogP contribution in [-0.2, 0) is 36.3 Å². The molecular formula is C31H33N5O3. The van der Waals surface area contributed by atoms with Crippen LogP contribution in [0.1, 0.15) is 41.3 Å². The molecule has 8 nitrogen and oxygen atoms in total. The molecule has 2 aliphatic heterocycles. The van der Waals surface area contributed by atoms with Crippen LogP contribution in [0.2, 0.25) is 0 Å². The van der Waals surface area contributed by atoms with Gasteiger partial charge in [-0.1, -0.05) is 42.5 Å². The maximum atomic E-state index is 12.8. The highest BCUT2D eigenvalue weighted by molar-refractivity contribution is 5.92. The number of hydrogen-bond acceptors (Lipinski definition) is 6. The van der Waals surface area contributed by atoms with Gasteiger partial charge in [0.2, 0.25) is 0 Å². The maximum Gasteiger partial charge on any atom is 0.262 e. The lowest BCUT2D eigenvalue weighted by Gasteiger charge is -2.31. The molecule has 3 aromatic carbocycles. The molecule has 2 aliphatic rings. The fourth-order valence-corrected chi connectivity index (χ4v) is 5.50. The fraction of sp³-hybridized carbons (Fsp3) is 0.323. The van der Waals surface area contributed by atoms with Crippen LogP contribution in [0.25, 0.3) is 11.1 Å². The lowest BCUT2D eigenvalue weighted by atomic mass is 9.95. The van der Waals surface area contributed by atoms with Crippen LogP contribution in [0.15, 0.2) is 73.1 Å². The minimum Gasteiger partial charge on any atom is -0.483 e. The van der Waals surface area contributed by atoms with Gasteiger partial charge in [-0.2, -0.15) is 0 Å². The standard InChI is InChI=1S/C31H33N5O3/c1-35-21-32-34-31(35)23-11-13-36(14-12-23)17-26-15-24(22-5-3-2-4-6-22)8-10-29(26)39-20-30(37)33-28-9-7-25-18-38-19-27(25)16-28/h2-10,15-16,21,23H,11-14,17-20H2,1H3,(H,33,37). The van der Waals surface area contributed by atoms with E-state index in [2.05, 4.69) is 44.7 Å². The number of hydrogen-bond donors (Lipinski definition) is 1. The summed E-state index contributed by atoms with van der Waals surface area (Å²) in [7, 11) is 2.01. The maximum absolute atomic E-state index is 12.8. The Labute approximate surface area is 228 Å². The number of anilines is 1. The Balaban J connectivity index is 1.14. The van der Waals surface area contributed by atoms with Crippen LogP contribution in [0.3, 0.4) is 0 Å². The number of piperidine rings is 1. The van der Waals surface area contributed by atoms with Crippen molar-refractivity contribution in [2.24, 2.45) is 7.05 Å². The van der Waals surface area contributed by atoms with Gasteiger partial charge in [-0.15, -0.1) is 10.2 Å². The summed E-state index contributed by atoms with van der Waals surface area (Å²) in [5.74, 6) is 2.04. The third-order valence-electron chi connectivity index (χ3n) is 7.62. The lowest BCUT2D eigenvalue weighted by molar-refractivity contribution is -0.118. The second kappa shape index (κ2) is 11.4. The number of rotatable bonds is 8. The van der Waals surface area contributed by atoms with E-state index in [4.69, 9.17) is 9.47 Å². The lowest BCUT2D eigenvalue weighted by Crippen LogP contribution is -2.33. The van der Waals surface area contributed by atoms with Gasteiger partial charge in [0.25, 0.3) is 5.91 Å². The molecule has 0 unspecified atom stereocenters. The molecule has 200 valence electrons. The molecule has 1 amide bonds. The summed E-state index contributed by atoms with van der Waals surface area (Å²) in [5.41, 5.74) is 6.43. The molecule has 4 aromatic rings. The zero-order valence-corrected chi connectivity index (χ0v) is 22.2. The van der Waals surface area contributed by atoms with E-state index in [1.165, 1.54) is 5.56 Å². The molecule has 0 atom stereocenters. The third kappa shape index (κ3) is 5.87. The van der Waals surface area contributed by atoms with E-state index in [9.17, 15) is 4.79 Å². The van der Waals surface area contributed by atoms with Gasteiger partial charge in [-0.05, 0) is 72.5 Å². The Morgan fingerprint density at radius 2 is 1.82 bits per heavy atom. The molecule has 0 saturated carbocycles. The largest absolute Gasteiger partial charge is 0.483 e. The number of fused-ring (bicyclic) bond motifs is 1. The topological polar surface area (TPSA) is 81.5 Å². The molecule has 1 saturated heterocycles. The van der Waals surface area contributed by atoms with E-state index in [-0.39, 0.29) is 12.5 Å². The molecular weight excluding hydrogens is 490 g/mol. The van der Waals surface area contributed by atoms with Crippen molar-refractivity contribution in [3.63, 3.8) is 0 Å². The first kappa shape index (κ1) is 25.3. The van der Waals surface area contributed by atoms with Crippen LogP contribution in [0, 0.1) is 0 Å².